The van der Waals surface area contributed by atoms with E-state index in [-0.39, 0.29) is 23.9 Å². The molecular weight excluding hydrogens is 359 g/mol. The third-order valence-electron chi connectivity index (χ3n) is 3.93. The Morgan fingerprint density at radius 2 is 1.92 bits per heavy atom. The maximum absolute atomic E-state index is 13.4. The normalized spacial score (nSPS) is 22.2. The molecule has 1 fully saturated rings. The summed E-state index contributed by atoms with van der Waals surface area (Å²) in [5, 5.41) is 0. The van der Waals surface area contributed by atoms with Crippen LogP contribution in [0.3, 0.4) is 0 Å². The largest absolute Gasteiger partial charge is 0.379 e. The molecule has 1 heterocycles. The molecular formula is C14H21FN2O5S2. The van der Waals surface area contributed by atoms with Crippen LogP contribution in [0.25, 0.3) is 0 Å². The zero-order valence-electron chi connectivity index (χ0n) is 13.7. The topological polar surface area (TPSA) is 92.8 Å². The third kappa shape index (κ3) is 4.31. The van der Waals surface area contributed by atoms with Crippen LogP contribution >= 0.6 is 0 Å². The van der Waals surface area contributed by atoms with Gasteiger partial charge in [0.1, 0.15) is 5.82 Å². The van der Waals surface area contributed by atoms with E-state index < -0.39 is 37.8 Å². The zero-order chi connectivity index (χ0) is 18.1. The van der Waals surface area contributed by atoms with Gasteiger partial charge >= 0.3 is 0 Å². The summed E-state index contributed by atoms with van der Waals surface area (Å²) in [5.74, 6) is -1.40. The number of nitrogens with one attached hydrogen (secondary N) is 1. The van der Waals surface area contributed by atoms with Gasteiger partial charge in [0, 0.05) is 20.0 Å². The van der Waals surface area contributed by atoms with Crippen LogP contribution < -0.4 is 4.72 Å². The van der Waals surface area contributed by atoms with Crippen molar-refractivity contribution in [2.75, 3.05) is 33.1 Å². The first kappa shape index (κ1) is 19.3. The van der Waals surface area contributed by atoms with Crippen molar-refractivity contribution in [2.24, 2.45) is 5.92 Å². The number of hydrogen-bond donors (Lipinski definition) is 1. The molecule has 0 bridgehead atoms. The summed E-state index contributed by atoms with van der Waals surface area (Å²) < 4.78 is 71.2. The highest BCUT2D eigenvalue weighted by Crippen LogP contribution is 2.22. The van der Waals surface area contributed by atoms with E-state index in [2.05, 4.69) is 4.72 Å². The fraction of sp³-hybridized carbons (Fsp3) is 0.571. The highest BCUT2D eigenvalue weighted by Gasteiger charge is 2.36. The standard InChI is InChI=1S/C14H21FN2O5S2/c1-10-4-5-12(15)6-14(10)24(20,21)16-13-8-22-7-11(13)9-23(18,19)17(2)3/h4-6,11,13,16H,7-9H2,1-3H3/t11-,13-/m0/s1. The Bertz CT molecular complexity index is 808. The first-order valence-electron chi connectivity index (χ1n) is 7.29. The van der Waals surface area contributed by atoms with E-state index in [9.17, 15) is 21.2 Å². The molecule has 2 rings (SSSR count). The van der Waals surface area contributed by atoms with E-state index in [1.807, 2.05) is 0 Å². The molecule has 10 heteroatoms. The van der Waals surface area contributed by atoms with Crippen molar-refractivity contribution in [2.45, 2.75) is 17.9 Å². The average Bonchev–Trinajstić information content (AvgIpc) is 2.87. The monoisotopic (exact) mass is 380 g/mol. The second-order valence-electron chi connectivity index (χ2n) is 6.00. The lowest BCUT2D eigenvalue weighted by Crippen LogP contribution is -2.43. The molecule has 2 atom stereocenters. The molecule has 1 aromatic rings. The molecule has 0 spiro atoms. The first-order chi connectivity index (χ1) is 11.0. The molecule has 7 nitrogen and oxygen atoms in total. The van der Waals surface area contributed by atoms with Gasteiger partial charge in [0.05, 0.1) is 29.9 Å². The molecule has 0 unspecified atom stereocenters. The van der Waals surface area contributed by atoms with Crippen LogP contribution in [0.1, 0.15) is 5.56 Å². The Balaban J connectivity index is 2.21. The molecule has 0 saturated carbocycles. The molecule has 1 saturated heterocycles. The minimum absolute atomic E-state index is 0.0706. The maximum Gasteiger partial charge on any atom is 0.241 e. The van der Waals surface area contributed by atoms with E-state index in [0.717, 1.165) is 10.4 Å². The molecule has 1 N–H and O–H groups in total. The van der Waals surface area contributed by atoms with Crippen LogP contribution in [0, 0.1) is 18.7 Å². The van der Waals surface area contributed by atoms with Gasteiger partial charge in [-0.2, -0.15) is 0 Å². The number of nitrogens with zero attached hydrogens (tertiary/aromatic N) is 1. The maximum atomic E-state index is 13.4. The van der Waals surface area contributed by atoms with Crippen molar-refractivity contribution in [3.05, 3.63) is 29.6 Å². The summed E-state index contributed by atoms with van der Waals surface area (Å²) in [6.07, 6.45) is 0. The molecule has 0 aliphatic carbocycles. The second-order valence-corrected chi connectivity index (χ2v) is 9.91. The van der Waals surface area contributed by atoms with E-state index in [1.54, 1.807) is 6.92 Å². The van der Waals surface area contributed by atoms with E-state index in [1.165, 1.54) is 26.2 Å². The number of benzene rings is 1. The Labute approximate surface area is 141 Å². The predicted molar refractivity (Wildman–Crippen MR) is 87.0 cm³/mol. The number of halogens is 1. The number of sulfonamides is 2. The molecule has 0 amide bonds. The van der Waals surface area contributed by atoms with Gasteiger partial charge in [-0.05, 0) is 24.6 Å². The SMILES string of the molecule is Cc1ccc(F)cc1S(=O)(=O)N[C@H]1COC[C@H]1CS(=O)(=O)N(C)C. The predicted octanol–water partition coefficient (Wildman–Crippen LogP) is 0.319. The van der Waals surface area contributed by atoms with Gasteiger partial charge in [-0.15, -0.1) is 0 Å². The average molecular weight is 380 g/mol. The van der Waals surface area contributed by atoms with E-state index >= 15 is 0 Å². The Morgan fingerprint density at radius 3 is 2.54 bits per heavy atom. The van der Waals surface area contributed by atoms with Crippen molar-refractivity contribution in [3.63, 3.8) is 0 Å². The van der Waals surface area contributed by atoms with Gasteiger partial charge in [0.15, 0.2) is 0 Å². The first-order valence-corrected chi connectivity index (χ1v) is 10.4. The number of aryl methyl sites for hydroxylation is 1. The zero-order valence-corrected chi connectivity index (χ0v) is 15.3. The van der Waals surface area contributed by atoms with Gasteiger partial charge in [-0.25, -0.2) is 30.3 Å². The highest BCUT2D eigenvalue weighted by molar-refractivity contribution is 7.89. The summed E-state index contributed by atoms with van der Waals surface area (Å²) >= 11 is 0. The van der Waals surface area contributed by atoms with Crippen molar-refractivity contribution >= 4 is 20.0 Å². The minimum Gasteiger partial charge on any atom is -0.379 e. The molecule has 0 radical (unpaired) electrons. The van der Waals surface area contributed by atoms with Gasteiger partial charge in [-0.1, -0.05) is 6.07 Å². The lowest BCUT2D eigenvalue weighted by atomic mass is 10.1. The lowest BCUT2D eigenvalue weighted by Gasteiger charge is -2.21. The van der Waals surface area contributed by atoms with E-state index in [4.69, 9.17) is 4.74 Å². The lowest BCUT2D eigenvalue weighted by molar-refractivity contribution is 0.185. The van der Waals surface area contributed by atoms with Crippen molar-refractivity contribution in [3.8, 4) is 0 Å². The molecule has 24 heavy (non-hydrogen) atoms. The Morgan fingerprint density at radius 1 is 1.25 bits per heavy atom. The van der Waals surface area contributed by atoms with Crippen molar-refractivity contribution < 1.29 is 26.0 Å². The molecule has 0 aromatic heterocycles. The van der Waals surface area contributed by atoms with Crippen molar-refractivity contribution in [1.29, 1.82) is 0 Å². The smallest absolute Gasteiger partial charge is 0.241 e. The Hall–Kier alpha value is -1.07. The van der Waals surface area contributed by atoms with Crippen LogP contribution in [0.4, 0.5) is 4.39 Å². The molecule has 1 aromatic carbocycles. The summed E-state index contributed by atoms with van der Waals surface area (Å²) in [4.78, 5) is -0.163. The Kier molecular flexibility index (Phi) is 5.65. The van der Waals surface area contributed by atoms with Crippen LogP contribution in [-0.2, 0) is 24.8 Å². The van der Waals surface area contributed by atoms with Gasteiger partial charge in [0.25, 0.3) is 0 Å². The van der Waals surface area contributed by atoms with Crippen LogP contribution in [-0.4, -0.2) is 60.2 Å². The van der Waals surface area contributed by atoms with Gasteiger partial charge in [-0.3, -0.25) is 0 Å². The second kappa shape index (κ2) is 7.04. The fourth-order valence-corrected chi connectivity index (χ4v) is 5.15. The highest BCUT2D eigenvalue weighted by atomic mass is 32.2. The van der Waals surface area contributed by atoms with Crippen molar-refractivity contribution in [1.82, 2.24) is 9.03 Å². The summed E-state index contributed by atoms with van der Waals surface area (Å²) in [5.41, 5.74) is 0.403. The number of rotatable bonds is 6. The van der Waals surface area contributed by atoms with E-state index in [0.29, 0.717) is 5.56 Å². The number of ether oxygens (including phenoxy) is 1. The fourth-order valence-electron chi connectivity index (χ4n) is 2.44. The summed E-state index contributed by atoms with van der Waals surface area (Å²) in [7, 11) is -4.64. The molecule has 1 aliphatic heterocycles. The number of hydrogen-bond acceptors (Lipinski definition) is 5. The summed E-state index contributed by atoms with van der Waals surface area (Å²) in [6.45, 7) is 1.77. The third-order valence-corrected chi connectivity index (χ3v) is 7.52. The van der Waals surface area contributed by atoms with Crippen LogP contribution in [0.2, 0.25) is 0 Å². The minimum atomic E-state index is -3.98. The molecule has 1 aliphatic rings. The quantitative estimate of drug-likeness (QED) is 0.767. The van der Waals surface area contributed by atoms with Gasteiger partial charge < -0.3 is 4.74 Å². The summed E-state index contributed by atoms with van der Waals surface area (Å²) in [6, 6.07) is 2.81. The molecule has 136 valence electrons. The van der Waals surface area contributed by atoms with Crippen LogP contribution in [0.15, 0.2) is 23.1 Å². The van der Waals surface area contributed by atoms with Gasteiger partial charge in [0.2, 0.25) is 20.0 Å². The van der Waals surface area contributed by atoms with Crippen LogP contribution in [0.5, 0.6) is 0 Å².